The third-order valence-corrected chi connectivity index (χ3v) is 7.53. The van der Waals surface area contributed by atoms with Gasteiger partial charge >= 0.3 is 12.0 Å². The largest absolute Gasteiger partial charge is 0.463 e. The smallest absolute Gasteiger partial charge is 0.338 e. The van der Waals surface area contributed by atoms with Crippen molar-refractivity contribution in [1.82, 2.24) is 20.0 Å². The number of nitrogens with one attached hydrogen (secondary N) is 1. The van der Waals surface area contributed by atoms with E-state index in [1.54, 1.807) is 31.2 Å². The lowest BCUT2D eigenvalue weighted by Gasteiger charge is -2.38. The van der Waals surface area contributed by atoms with Crippen LogP contribution in [0.1, 0.15) is 35.3 Å². The summed E-state index contributed by atoms with van der Waals surface area (Å²) in [5.74, 6) is -0.526. The summed E-state index contributed by atoms with van der Waals surface area (Å²) in [6, 6.07) is 13.1. The zero-order chi connectivity index (χ0) is 27.9. The Kier molecular flexibility index (Phi) is 9.67. The fourth-order valence-electron chi connectivity index (χ4n) is 4.89. The Morgan fingerprint density at radius 3 is 2.54 bits per heavy atom. The molecule has 8 nitrogen and oxygen atoms in total. The number of benzene rings is 2. The van der Waals surface area contributed by atoms with Crippen molar-refractivity contribution in [2.24, 2.45) is 0 Å². The highest BCUT2D eigenvalue weighted by Crippen LogP contribution is 2.35. The molecule has 2 aromatic rings. The quantitative estimate of drug-likeness (QED) is 0.360. The van der Waals surface area contributed by atoms with Gasteiger partial charge in [0.25, 0.3) is 5.91 Å². The number of carbonyl (C=O) groups is 3. The van der Waals surface area contributed by atoms with Gasteiger partial charge in [0, 0.05) is 50.5 Å². The summed E-state index contributed by atoms with van der Waals surface area (Å²) in [7, 11) is 0. The van der Waals surface area contributed by atoms with Gasteiger partial charge in [-0.3, -0.25) is 14.6 Å². The van der Waals surface area contributed by atoms with Crippen LogP contribution in [0.5, 0.6) is 0 Å². The van der Waals surface area contributed by atoms with Gasteiger partial charge in [-0.1, -0.05) is 53.5 Å². The number of esters is 1. The summed E-state index contributed by atoms with van der Waals surface area (Å²) < 4.78 is 5.46. The van der Waals surface area contributed by atoms with E-state index < -0.39 is 12.0 Å². The van der Waals surface area contributed by atoms with E-state index in [2.05, 4.69) is 16.8 Å². The highest BCUT2D eigenvalue weighted by atomic mass is 35.5. The van der Waals surface area contributed by atoms with Crippen molar-refractivity contribution >= 4 is 41.1 Å². The molecule has 2 aliphatic heterocycles. The van der Waals surface area contributed by atoms with Crippen LogP contribution in [0.3, 0.4) is 0 Å². The standard InChI is InChI=1S/C29H32Cl2N4O4/c1-3-13-35-24(19-33-14-8-15-34(17-16-33)27(36)20-9-6-5-7-10-20)25(28(37)39-4-2)26(32-29(35)38)21-11-12-22(30)23(31)18-21/h3,5-7,9-12,18,26H,1,4,8,13-17,19H2,2H3,(H,32,38). The van der Waals surface area contributed by atoms with Gasteiger partial charge < -0.3 is 15.0 Å². The summed E-state index contributed by atoms with van der Waals surface area (Å²) in [5, 5.41) is 3.62. The molecule has 2 aromatic carbocycles. The molecule has 1 atom stereocenters. The van der Waals surface area contributed by atoms with E-state index in [9.17, 15) is 14.4 Å². The molecule has 0 radical (unpaired) electrons. The van der Waals surface area contributed by atoms with Gasteiger partial charge in [0.1, 0.15) is 0 Å². The first-order chi connectivity index (χ1) is 18.8. The number of rotatable bonds is 8. The zero-order valence-corrected chi connectivity index (χ0v) is 23.4. The van der Waals surface area contributed by atoms with Gasteiger partial charge in [-0.2, -0.15) is 0 Å². The molecule has 1 saturated heterocycles. The number of ether oxygens (including phenoxy) is 1. The van der Waals surface area contributed by atoms with Crippen molar-refractivity contribution in [3.63, 3.8) is 0 Å². The summed E-state index contributed by atoms with van der Waals surface area (Å²) in [6.45, 7) is 8.67. The molecular formula is C29H32Cl2N4O4. The minimum atomic E-state index is -0.773. The summed E-state index contributed by atoms with van der Waals surface area (Å²) in [4.78, 5) is 45.3. The number of halogens is 2. The molecule has 206 valence electrons. The van der Waals surface area contributed by atoms with Gasteiger partial charge in [-0.25, -0.2) is 9.59 Å². The highest BCUT2D eigenvalue weighted by molar-refractivity contribution is 6.42. The Hall–Kier alpha value is -3.33. The van der Waals surface area contributed by atoms with Crippen molar-refractivity contribution in [2.45, 2.75) is 19.4 Å². The van der Waals surface area contributed by atoms with Crippen molar-refractivity contribution < 1.29 is 19.1 Å². The number of hydrogen-bond acceptors (Lipinski definition) is 5. The molecular weight excluding hydrogens is 539 g/mol. The predicted molar refractivity (Wildman–Crippen MR) is 152 cm³/mol. The molecule has 0 bridgehead atoms. The number of amides is 3. The third-order valence-electron chi connectivity index (χ3n) is 6.79. The van der Waals surface area contributed by atoms with E-state index in [0.29, 0.717) is 65.2 Å². The molecule has 0 aromatic heterocycles. The molecule has 1 fully saturated rings. The first kappa shape index (κ1) is 28.7. The topological polar surface area (TPSA) is 82.2 Å². The van der Waals surface area contributed by atoms with Crippen LogP contribution in [0.15, 0.2) is 72.5 Å². The Morgan fingerprint density at radius 2 is 1.85 bits per heavy atom. The fourth-order valence-corrected chi connectivity index (χ4v) is 5.20. The Labute approximate surface area is 238 Å². The second-order valence-electron chi connectivity index (χ2n) is 9.32. The van der Waals surface area contributed by atoms with E-state index in [1.807, 2.05) is 35.2 Å². The van der Waals surface area contributed by atoms with Crippen molar-refractivity contribution in [1.29, 1.82) is 0 Å². The van der Waals surface area contributed by atoms with E-state index in [-0.39, 0.29) is 25.1 Å². The van der Waals surface area contributed by atoms with Gasteiger partial charge in [-0.15, -0.1) is 6.58 Å². The maximum absolute atomic E-state index is 13.4. The average Bonchev–Trinajstić information content (AvgIpc) is 3.17. The van der Waals surface area contributed by atoms with Crippen LogP contribution in [-0.4, -0.2) is 78.5 Å². The summed E-state index contributed by atoms with van der Waals surface area (Å²) in [6.07, 6.45) is 2.37. The van der Waals surface area contributed by atoms with E-state index in [4.69, 9.17) is 27.9 Å². The maximum atomic E-state index is 13.4. The molecule has 2 aliphatic rings. The third kappa shape index (κ3) is 6.64. The first-order valence-electron chi connectivity index (χ1n) is 12.9. The van der Waals surface area contributed by atoms with Gasteiger partial charge in [0.2, 0.25) is 0 Å². The molecule has 1 unspecified atom stereocenters. The molecule has 3 amide bonds. The van der Waals surface area contributed by atoms with E-state index >= 15 is 0 Å². The van der Waals surface area contributed by atoms with Crippen LogP contribution in [0.25, 0.3) is 0 Å². The van der Waals surface area contributed by atoms with Crippen LogP contribution < -0.4 is 5.32 Å². The maximum Gasteiger partial charge on any atom is 0.338 e. The lowest BCUT2D eigenvalue weighted by atomic mass is 9.94. The van der Waals surface area contributed by atoms with E-state index in [1.165, 1.54) is 4.90 Å². The number of urea groups is 1. The number of hydrogen-bond donors (Lipinski definition) is 1. The van der Waals surface area contributed by atoms with E-state index in [0.717, 1.165) is 6.42 Å². The molecule has 0 aliphatic carbocycles. The highest BCUT2D eigenvalue weighted by Gasteiger charge is 2.39. The van der Waals surface area contributed by atoms with Gasteiger partial charge in [0.05, 0.1) is 28.3 Å². The molecule has 0 saturated carbocycles. The SMILES string of the molecule is C=CCN1C(=O)NC(c2ccc(Cl)c(Cl)c2)C(C(=O)OCC)=C1CN1CCCN(C(=O)c2ccccc2)CC1. The Balaban J connectivity index is 1.66. The lowest BCUT2D eigenvalue weighted by Crippen LogP contribution is -2.51. The first-order valence-corrected chi connectivity index (χ1v) is 13.7. The molecule has 39 heavy (non-hydrogen) atoms. The molecule has 1 N–H and O–H groups in total. The van der Waals surface area contributed by atoms with Crippen LogP contribution in [0, 0.1) is 0 Å². The molecule has 2 heterocycles. The number of nitrogens with zero attached hydrogens (tertiary/aromatic N) is 3. The average molecular weight is 572 g/mol. The second kappa shape index (κ2) is 13.2. The minimum absolute atomic E-state index is 0.00566. The van der Waals surface area contributed by atoms with Crippen molar-refractivity contribution in [2.75, 3.05) is 45.9 Å². The Morgan fingerprint density at radius 1 is 1.08 bits per heavy atom. The van der Waals surface area contributed by atoms with Crippen molar-refractivity contribution in [3.05, 3.63) is 93.6 Å². The second-order valence-corrected chi connectivity index (χ2v) is 10.1. The fraction of sp³-hybridized carbons (Fsp3) is 0.345. The lowest BCUT2D eigenvalue weighted by molar-refractivity contribution is -0.139. The van der Waals surface area contributed by atoms with Crippen LogP contribution in [-0.2, 0) is 9.53 Å². The molecule has 0 spiro atoms. The van der Waals surface area contributed by atoms with Crippen LogP contribution >= 0.6 is 23.2 Å². The van der Waals surface area contributed by atoms with Crippen molar-refractivity contribution in [3.8, 4) is 0 Å². The Bertz CT molecular complexity index is 1270. The number of carbonyl (C=O) groups excluding carboxylic acids is 3. The normalized spacial score (nSPS) is 18.4. The molecule has 4 rings (SSSR count). The summed E-state index contributed by atoms with van der Waals surface area (Å²) >= 11 is 12.4. The van der Waals surface area contributed by atoms with Gasteiger partial charge in [0.15, 0.2) is 0 Å². The predicted octanol–water partition coefficient (Wildman–Crippen LogP) is 4.91. The van der Waals surface area contributed by atoms with Crippen LogP contribution in [0.4, 0.5) is 4.79 Å². The van der Waals surface area contributed by atoms with Crippen LogP contribution in [0.2, 0.25) is 10.0 Å². The monoisotopic (exact) mass is 570 g/mol. The van der Waals surface area contributed by atoms with Gasteiger partial charge in [-0.05, 0) is 43.2 Å². The summed E-state index contributed by atoms with van der Waals surface area (Å²) in [5.41, 5.74) is 2.14. The molecule has 10 heteroatoms. The zero-order valence-electron chi connectivity index (χ0n) is 21.9. The minimum Gasteiger partial charge on any atom is -0.463 e.